The van der Waals surface area contributed by atoms with E-state index >= 15 is 0 Å². The lowest BCUT2D eigenvalue weighted by Crippen LogP contribution is -2.35. The smallest absolute Gasteiger partial charge is 0.325 e. The van der Waals surface area contributed by atoms with Gasteiger partial charge in [-0.3, -0.25) is 19.4 Å². The molecular weight excluding hydrogens is 280 g/mol. The number of aromatic nitrogens is 3. The lowest BCUT2D eigenvalue weighted by atomic mass is 9.94. The topological polar surface area (TPSA) is 71.2 Å². The number of carboxylic acids is 1. The quantitative estimate of drug-likeness (QED) is 0.910. The van der Waals surface area contributed by atoms with E-state index < -0.39 is 5.97 Å². The molecule has 2 aromatic rings. The van der Waals surface area contributed by atoms with Crippen LogP contribution in [0.2, 0.25) is 0 Å². The summed E-state index contributed by atoms with van der Waals surface area (Å²) in [6.45, 7) is 2.82. The molecule has 1 unspecified atom stereocenters. The number of aliphatic carboxylic acids is 1. The summed E-state index contributed by atoms with van der Waals surface area (Å²) in [4.78, 5) is 17.5. The molecule has 1 N–H and O–H groups in total. The Labute approximate surface area is 129 Å². The van der Waals surface area contributed by atoms with Gasteiger partial charge in [-0.15, -0.1) is 0 Å². The van der Waals surface area contributed by atoms with Crippen molar-refractivity contribution in [1.82, 2.24) is 19.7 Å². The Bertz CT molecular complexity index is 626. The minimum atomic E-state index is -0.854. The maximum atomic E-state index is 10.9. The third-order valence-corrected chi connectivity index (χ3v) is 4.09. The number of rotatable bonds is 5. The first-order valence-corrected chi connectivity index (χ1v) is 7.57. The molecule has 1 fully saturated rings. The van der Waals surface area contributed by atoms with E-state index in [1.54, 1.807) is 17.1 Å². The van der Waals surface area contributed by atoms with E-state index in [0.29, 0.717) is 5.92 Å². The predicted octanol–water partition coefficient (Wildman–Crippen LogP) is 1.74. The van der Waals surface area contributed by atoms with E-state index in [1.807, 2.05) is 18.3 Å². The molecule has 6 heteroatoms. The van der Waals surface area contributed by atoms with Crippen molar-refractivity contribution in [3.8, 4) is 0 Å². The van der Waals surface area contributed by atoms with Crippen LogP contribution in [0.3, 0.4) is 0 Å². The molecule has 22 heavy (non-hydrogen) atoms. The van der Waals surface area contributed by atoms with Gasteiger partial charge in [0.15, 0.2) is 0 Å². The van der Waals surface area contributed by atoms with Crippen LogP contribution < -0.4 is 0 Å². The van der Waals surface area contributed by atoms with Crippen molar-refractivity contribution in [2.75, 3.05) is 13.1 Å². The van der Waals surface area contributed by atoms with E-state index in [-0.39, 0.29) is 6.54 Å². The molecule has 0 saturated carbocycles. The number of carbonyl (C=O) groups is 1. The monoisotopic (exact) mass is 300 g/mol. The summed E-state index contributed by atoms with van der Waals surface area (Å²) in [6.07, 6.45) is 7.57. The van der Waals surface area contributed by atoms with Crippen molar-refractivity contribution in [3.05, 3.63) is 48.0 Å². The Morgan fingerprint density at radius 2 is 2.27 bits per heavy atom. The lowest BCUT2D eigenvalue weighted by Gasteiger charge is -2.32. The first-order chi connectivity index (χ1) is 10.7. The van der Waals surface area contributed by atoms with E-state index in [0.717, 1.165) is 38.2 Å². The van der Waals surface area contributed by atoms with Gasteiger partial charge in [0.2, 0.25) is 0 Å². The van der Waals surface area contributed by atoms with Gasteiger partial charge < -0.3 is 5.11 Å². The van der Waals surface area contributed by atoms with Crippen LogP contribution in [0.1, 0.15) is 30.0 Å². The van der Waals surface area contributed by atoms with Gasteiger partial charge in [-0.05, 0) is 37.1 Å². The third kappa shape index (κ3) is 3.51. The highest BCUT2D eigenvalue weighted by Gasteiger charge is 2.24. The van der Waals surface area contributed by atoms with Crippen LogP contribution in [0.4, 0.5) is 0 Å². The van der Waals surface area contributed by atoms with Gasteiger partial charge in [0.05, 0.1) is 0 Å². The molecule has 2 aromatic heterocycles. The van der Waals surface area contributed by atoms with Crippen molar-refractivity contribution in [2.45, 2.75) is 31.8 Å². The number of carboxylic acid groups (broad SMARTS) is 1. The number of pyridine rings is 1. The minimum Gasteiger partial charge on any atom is -0.480 e. The minimum absolute atomic E-state index is 0.0680. The second kappa shape index (κ2) is 6.70. The average Bonchev–Trinajstić information content (AvgIpc) is 2.96. The second-order valence-electron chi connectivity index (χ2n) is 5.74. The summed E-state index contributed by atoms with van der Waals surface area (Å²) in [5, 5.41) is 13.1. The van der Waals surface area contributed by atoms with Crippen LogP contribution in [-0.4, -0.2) is 43.8 Å². The zero-order valence-corrected chi connectivity index (χ0v) is 12.4. The highest BCUT2D eigenvalue weighted by atomic mass is 16.4. The molecule has 3 heterocycles. The molecule has 116 valence electrons. The standard InChI is InChI=1S/C16H20N4O2/c21-16(22)12-20-15(5-7-18-20)14-4-2-8-19(11-14)10-13-3-1-6-17-9-13/h1,3,5-7,9,14H,2,4,8,10-12H2,(H,21,22). The molecule has 1 aliphatic rings. The maximum Gasteiger partial charge on any atom is 0.325 e. The van der Waals surface area contributed by atoms with Gasteiger partial charge in [0, 0.05) is 43.3 Å². The molecule has 6 nitrogen and oxygen atoms in total. The van der Waals surface area contributed by atoms with Crippen LogP contribution in [0.15, 0.2) is 36.8 Å². The number of likely N-dealkylation sites (tertiary alicyclic amines) is 1. The SMILES string of the molecule is O=C(O)Cn1nccc1C1CCCN(Cc2cccnc2)C1. The Balaban J connectivity index is 1.68. The van der Waals surface area contributed by atoms with Crippen LogP contribution in [0.25, 0.3) is 0 Å². The third-order valence-electron chi connectivity index (χ3n) is 4.09. The van der Waals surface area contributed by atoms with Gasteiger partial charge in [-0.1, -0.05) is 6.07 Å². The summed E-state index contributed by atoms with van der Waals surface area (Å²) in [5.41, 5.74) is 2.24. The molecule has 1 saturated heterocycles. The van der Waals surface area contributed by atoms with Crippen LogP contribution in [0.5, 0.6) is 0 Å². The summed E-state index contributed by atoms with van der Waals surface area (Å²) in [5.74, 6) is -0.514. The summed E-state index contributed by atoms with van der Waals surface area (Å²) in [6, 6.07) is 5.99. The lowest BCUT2D eigenvalue weighted by molar-refractivity contribution is -0.137. The molecule has 0 spiro atoms. The van der Waals surface area contributed by atoms with Crippen LogP contribution in [-0.2, 0) is 17.9 Å². The highest BCUT2D eigenvalue weighted by molar-refractivity contribution is 5.66. The molecule has 0 bridgehead atoms. The van der Waals surface area contributed by atoms with Crippen molar-refractivity contribution < 1.29 is 9.90 Å². The second-order valence-corrected chi connectivity index (χ2v) is 5.74. The Morgan fingerprint density at radius 3 is 3.05 bits per heavy atom. The number of piperidine rings is 1. The summed E-state index contributed by atoms with van der Waals surface area (Å²) < 4.78 is 1.61. The first-order valence-electron chi connectivity index (χ1n) is 7.57. The van der Waals surface area contributed by atoms with Gasteiger partial charge in [-0.25, -0.2) is 0 Å². The van der Waals surface area contributed by atoms with Gasteiger partial charge in [0.25, 0.3) is 0 Å². The number of hydrogen-bond acceptors (Lipinski definition) is 4. The molecule has 0 amide bonds. The Kier molecular flexibility index (Phi) is 4.48. The van der Waals surface area contributed by atoms with Gasteiger partial charge >= 0.3 is 5.97 Å². The van der Waals surface area contributed by atoms with Crippen molar-refractivity contribution in [3.63, 3.8) is 0 Å². The summed E-state index contributed by atoms with van der Waals surface area (Å²) >= 11 is 0. The largest absolute Gasteiger partial charge is 0.480 e. The number of nitrogens with zero attached hydrogens (tertiary/aromatic N) is 4. The zero-order valence-electron chi connectivity index (χ0n) is 12.4. The van der Waals surface area contributed by atoms with Gasteiger partial charge in [0.1, 0.15) is 6.54 Å². The van der Waals surface area contributed by atoms with Gasteiger partial charge in [-0.2, -0.15) is 5.10 Å². The van der Waals surface area contributed by atoms with E-state index in [9.17, 15) is 4.79 Å². The molecule has 1 atom stereocenters. The molecule has 0 aliphatic carbocycles. The molecule has 0 aromatic carbocycles. The fourth-order valence-electron chi connectivity index (χ4n) is 3.14. The van der Waals surface area contributed by atoms with Crippen molar-refractivity contribution in [1.29, 1.82) is 0 Å². The molecule has 1 aliphatic heterocycles. The normalized spacial score (nSPS) is 19.2. The molecular formula is C16H20N4O2. The maximum absolute atomic E-state index is 10.9. The number of hydrogen-bond donors (Lipinski definition) is 1. The van der Waals surface area contributed by atoms with Crippen molar-refractivity contribution in [2.24, 2.45) is 0 Å². The fraction of sp³-hybridized carbons (Fsp3) is 0.438. The Hall–Kier alpha value is -2.21. The summed E-state index contributed by atoms with van der Waals surface area (Å²) in [7, 11) is 0. The van der Waals surface area contributed by atoms with E-state index in [2.05, 4.69) is 21.0 Å². The fourth-order valence-corrected chi connectivity index (χ4v) is 3.14. The average molecular weight is 300 g/mol. The zero-order chi connectivity index (χ0) is 15.4. The van der Waals surface area contributed by atoms with Crippen molar-refractivity contribution >= 4 is 5.97 Å². The van der Waals surface area contributed by atoms with E-state index in [1.165, 1.54) is 5.56 Å². The Morgan fingerprint density at radius 1 is 1.36 bits per heavy atom. The predicted molar refractivity (Wildman–Crippen MR) is 81.4 cm³/mol. The molecule has 0 radical (unpaired) electrons. The van der Waals surface area contributed by atoms with Crippen LogP contribution in [0, 0.1) is 0 Å². The molecule has 3 rings (SSSR count). The van der Waals surface area contributed by atoms with E-state index in [4.69, 9.17) is 5.11 Å². The first kappa shape index (κ1) is 14.7. The highest BCUT2D eigenvalue weighted by Crippen LogP contribution is 2.27. The van der Waals surface area contributed by atoms with Crippen LogP contribution >= 0.6 is 0 Å².